The molecule has 1 aliphatic rings. The van der Waals surface area contributed by atoms with Crippen molar-refractivity contribution in [1.82, 2.24) is 4.90 Å². The molecule has 1 atom stereocenters. The van der Waals surface area contributed by atoms with Crippen molar-refractivity contribution in [2.45, 2.75) is 12.5 Å². The van der Waals surface area contributed by atoms with Gasteiger partial charge in [-0.2, -0.15) is 5.26 Å². The standard InChI is InChI=1S/C13H14N2O2/c1-17-12-6-7-15(9-12)13(16)11-4-2-10(8-14)3-5-11/h2-5,12H,6-7,9H2,1H3. The van der Waals surface area contributed by atoms with E-state index in [0.717, 1.165) is 13.0 Å². The SMILES string of the molecule is COC1CCN(C(=O)c2ccc(C#N)cc2)C1. The van der Waals surface area contributed by atoms with E-state index >= 15 is 0 Å². The second-order valence-corrected chi connectivity index (χ2v) is 4.09. The lowest BCUT2D eigenvalue weighted by molar-refractivity contribution is 0.0724. The maximum atomic E-state index is 12.1. The molecule has 1 fully saturated rings. The quantitative estimate of drug-likeness (QED) is 0.772. The number of ether oxygens (including phenoxy) is 1. The predicted octanol–water partition coefficient (Wildman–Crippen LogP) is 1.42. The third-order valence-electron chi connectivity index (χ3n) is 3.03. The number of carbonyl (C=O) groups excluding carboxylic acids is 1. The summed E-state index contributed by atoms with van der Waals surface area (Å²) in [5.41, 5.74) is 1.19. The van der Waals surface area contributed by atoms with Gasteiger partial charge in [-0.15, -0.1) is 0 Å². The van der Waals surface area contributed by atoms with Crippen LogP contribution in [-0.4, -0.2) is 37.1 Å². The first kappa shape index (κ1) is 11.6. The van der Waals surface area contributed by atoms with Crippen molar-refractivity contribution in [2.75, 3.05) is 20.2 Å². The van der Waals surface area contributed by atoms with Gasteiger partial charge in [0.15, 0.2) is 0 Å². The minimum atomic E-state index is 0.00837. The molecule has 1 heterocycles. The van der Waals surface area contributed by atoms with Gasteiger partial charge in [0, 0.05) is 25.8 Å². The summed E-state index contributed by atoms with van der Waals surface area (Å²) in [6, 6.07) is 8.75. The van der Waals surface area contributed by atoms with E-state index in [1.807, 2.05) is 6.07 Å². The van der Waals surface area contributed by atoms with Gasteiger partial charge in [0.05, 0.1) is 17.7 Å². The number of hydrogen-bond acceptors (Lipinski definition) is 3. The van der Waals surface area contributed by atoms with Crippen molar-refractivity contribution < 1.29 is 9.53 Å². The molecule has 0 radical (unpaired) electrons. The fourth-order valence-electron chi connectivity index (χ4n) is 1.97. The smallest absolute Gasteiger partial charge is 0.253 e. The number of methoxy groups -OCH3 is 1. The van der Waals surface area contributed by atoms with Crippen LogP contribution in [0.25, 0.3) is 0 Å². The summed E-state index contributed by atoms with van der Waals surface area (Å²) in [6.45, 7) is 1.38. The Hall–Kier alpha value is -1.86. The molecule has 0 N–H and O–H groups in total. The molecule has 1 aliphatic heterocycles. The van der Waals surface area contributed by atoms with Crippen LogP contribution in [0.15, 0.2) is 24.3 Å². The Morgan fingerprint density at radius 1 is 1.47 bits per heavy atom. The van der Waals surface area contributed by atoms with Crippen molar-refractivity contribution >= 4 is 5.91 Å². The van der Waals surface area contributed by atoms with E-state index in [1.54, 1.807) is 36.3 Å². The zero-order chi connectivity index (χ0) is 12.3. The summed E-state index contributed by atoms with van der Waals surface area (Å²) < 4.78 is 5.23. The van der Waals surface area contributed by atoms with Crippen LogP contribution in [0, 0.1) is 11.3 Å². The van der Waals surface area contributed by atoms with Crippen LogP contribution < -0.4 is 0 Å². The highest BCUT2D eigenvalue weighted by atomic mass is 16.5. The molecule has 88 valence electrons. The van der Waals surface area contributed by atoms with Crippen molar-refractivity contribution in [3.8, 4) is 6.07 Å². The Morgan fingerprint density at radius 2 is 2.18 bits per heavy atom. The molecular formula is C13H14N2O2. The van der Waals surface area contributed by atoms with E-state index in [2.05, 4.69) is 0 Å². The Morgan fingerprint density at radius 3 is 2.71 bits per heavy atom. The molecule has 0 aromatic heterocycles. The van der Waals surface area contributed by atoms with E-state index in [9.17, 15) is 4.79 Å². The van der Waals surface area contributed by atoms with Crippen LogP contribution in [0.3, 0.4) is 0 Å². The summed E-state index contributed by atoms with van der Waals surface area (Å²) in [6.07, 6.45) is 1.04. The highest BCUT2D eigenvalue weighted by Gasteiger charge is 2.26. The fraction of sp³-hybridized carbons (Fsp3) is 0.385. The van der Waals surface area contributed by atoms with Gasteiger partial charge in [-0.05, 0) is 30.7 Å². The zero-order valence-electron chi connectivity index (χ0n) is 9.72. The number of amides is 1. The second kappa shape index (κ2) is 4.98. The molecule has 17 heavy (non-hydrogen) atoms. The monoisotopic (exact) mass is 230 g/mol. The minimum Gasteiger partial charge on any atom is -0.380 e. The first-order valence-corrected chi connectivity index (χ1v) is 5.57. The number of nitriles is 1. The summed E-state index contributed by atoms with van der Waals surface area (Å²) in [5.74, 6) is 0.00837. The van der Waals surface area contributed by atoms with E-state index < -0.39 is 0 Å². The average molecular weight is 230 g/mol. The number of benzene rings is 1. The molecule has 4 heteroatoms. The summed E-state index contributed by atoms with van der Waals surface area (Å²) >= 11 is 0. The molecule has 2 rings (SSSR count). The van der Waals surface area contributed by atoms with Gasteiger partial charge in [-0.25, -0.2) is 0 Å². The Kier molecular flexibility index (Phi) is 3.40. The van der Waals surface area contributed by atoms with Crippen LogP contribution in [0.4, 0.5) is 0 Å². The van der Waals surface area contributed by atoms with E-state index in [1.165, 1.54) is 0 Å². The lowest BCUT2D eigenvalue weighted by atomic mass is 10.1. The zero-order valence-corrected chi connectivity index (χ0v) is 9.72. The largest absolute Gasteiger partial charge is 0.380 e. The Labute approximate surface area is 100 Å². The minimum absolute atomic E-state index is 0.00837. The predicted molar refractivity (Wildman–Crippen MR) is 62.5 cm³/mol. The van der Waals surface area contributed by atoms with Gasteiger partial charge in [0.2, 0.25) is 0 Å². The molecule has 0 bridgehead atoms. The summed E-state index contributed by atoms with van der Waals surface area (Å²) in [4.78, 5) is 13.9. The van der Waals surface area contributed by atoms with Gasteiger partial charge >= 0.3 is 0 Å². The van der Waals surface area contributed by atoms with Crippen LogP contribution in [0.2, 0.25) is 0 Å². The number of hydrogen-bond donors (Lipinski definition) is 0. The number of rotatable bonds is 2. The van der Waals surface area contributed by atoms with Crippen molar-refractivity contribution in [3.63, 3.8) is 0 Å². The third kappa shape index (κ3) is 2.45. The van der Waals surface area contributed by atoms with Gasteiger partial charge in [-0.3, -0.25) is 4.79 Å². The summed E-state index contributed by atoms with van der Waals surface area (Å²) in [5, 5.41) is 8.68. The van der Waals surface area contributed by atoms with E-state index in [0.29, 0.717) is 17.7 Å². The molecule has 1 saturated heterocycles. The van der Waals surface area contributed by atoms with E-state index in [-0.39, 0.29) is 12.0 Å². The molecule has 1 aromatic carbocycles. The first-order valence-electron chi connectivity index (χ1n) is 5.57. The highest BCUT2D eigenvalue weighted by molar-refractivity contribution is 5.94. The van der Waals surface area contributed by atoms with Gasteiger partial charge < -0.3 is 9.64 Å². The number of carbonyl (C=O) groups is 1. The lowest BCUT2D eigenvalue weighted by Gasteiger charge is -2.16. The molecule has 4 nitrogen and oxygen atoms in total. The Bertz CT molecular complexity index is 447. The number of nitrogens with zero attached hydrogens (tertiary/aromatic N) is 2. The molecule has 1 aromatic rings. The molecule has 0 aliphatic carbocycles. The molecule has 0 spiro atoms. The van der Waals surface area contributed by atoms with Crippen LogP contribution in [0.1, 0.15) is 22.3 Å². The van der Waals surface area contributed by atoms with Crippen molar-refractivity contribution in [1.29, 1.82) is 5.26 Å². The maximum absolute atomic E-state index is 12.1. The number of likely N-dealkylation sites (tertiary alicyclic amines) is 1. The van der Waals surface area contributed by atoms with Crippen LogP contribution in [0.5, 0.6) is 0 Å². The van der Waals surface area contributed by atoms with Crippen LogP contribution >= 0.6 is 0 Å². The van der Waals surface area contributed by atoms with Gasteiger partial charge in [0.1, 0.15) is 0 Å². The molecule has 0 saturated carbocycles. The molecular weight excluding hydrogens is 216 g/mol. The second-order valence-electron chi connectivity index (χ2n) is 4.09. The molecule has 1 amide bonds. The van der Waals surface area contributed by atoms with E-state index in [4.69, 9.17) is 10.00 Å². The first-order chi connectivity index (χ1) is 8.24. The van der Waals surface area contributed by atoms with Crippen molar-refractivity contribution in [2.24, 2.45) is 0 Å². The fourth-order valence-corrected chi connectivity index (χ4v) is 1.97. The average Bonchev–Trinajstić information content (AvgIpc) is 2.87. The molecule has 1 unspecified atom stereocenters. The third-order valence-corrected chi connectivity index (χ3v) is 3.03. The summed E-state index contributed by atoms with van der Waals surface area (Å²) in [7, 11) is 1.67. The van der Waals surface area contributed by atoms with Crippen molar-refractivity contribution in [3.05, 3.63) is 35.4 Å². The highest BCUT2D eigenvalue weighted by Crippen LogP contribution is 2.15. The van der Waals surface area contributed by atoms with Gasteiger partial charge in [-0.1, -0.05) is 0 Å². The topological polar surface area (TPSA) is 53.3 Å². The Balaban J connectivity index is 2.07. The maximum Gasteiger partial charge on any atom is 0.253 e. The lowest BCUT2D eigenvalue weighted by Crippen LogP contribution is -2.29. The normalized spacial score (nSPS) is 19.1. The van der Waals surface area contributed by atoms with Crippen LogP contribution in [-0.2, 0) is 4.74 Å². The van der Waals surface area contributed by atoms with Gasteiger partial charge in [0.25, 0.3) is 5.91 Å².